The smallest absolute Gasteiger partial charge is 0.291 e. The number of hydrogen-bond donors (Lipinski definition) is 2. The number of carbonyl (C=O) groups excluding carboxylic acids is 3. The molecule has 3 amide bonds. The molecule has 282 valence electrons. The summed E-state index contributed by atoms with van der Waals surface area (Å²) >= 11 is 6.53. The molecule has 0 radical (unpaired) electrons. The van der Waals surface area contributed by atoms with E-state index in [9.17, 15) is 19.5 Å². The van der Waals surface area contributed by atoms with E-state index < -0.39 is 29.7 Å². The number of rotatable bonds is 9. The summed E-state index contributed by atoms with van der Waals surface area (Å²) in [5.74, 6) is -3.24. The molecule has 53 heavy (non-hydrogen) atoms. The summed E-state index contributed by atoms with van der Waals surface area (Å²) in [5.41, 5.74) is 2.45. The van der Waals surface area contributed by atoms with Gasteiger partial charge in [0.25, 0.3) is 17.7 Å². The number of likely N-dealkylation sites (tertiary alicyclic amines) is 1. The SMILES string of the molecule is COCCn1nc(C)c(-c2ccc(-c3cnc(C(=O)Nc4ccc(C(=O)N5CCN(C(=O)[C@@H]6[C@@H](O)CC[N+]6(C)C)CC5)c(Cl)c4)n3C)c(F)c2F)c1C. The van der Waals surface area contributed by atoms with E-state index >= 15 is 8.78 Å². The first kappa shape index (κ1) is 38.0. The maximum absolute atomic E-state index is 15.6. The summed E-state index contributed by atoms with van der Waals surface area (Å²) in [7, 11) is 6.98. The maximum Gasteiger partial charge on any atom is 0.291 e. The van der Waals surface area contributed by atoms with E-state index in [-0.39, 0.29) is 45.0 Å². The zero-order chi connectivity index (χ0) is 38.4. The number of aliphatic hydroxyl groups excluding tert-OH is 1. The summed E-state index contributed by atoms with van der Waals surface area (Å²) in [6.07, 6.45) is 1.17. The number of carbonyl (C=O) groups is 3. The van der Waals surface area contributed by atoms with Crippen molar-refractivity contribution < 1.29 is 37.5 Å². The lowest BCUT2D eigenvalue weighted by Gasteiger charge is -2.39. The predicted octanol–water partition coefficient (Wildman–Crippen LogP) is 3.89. The van der Waals surface area contributed by atoms with Gasteiger partial charge in [0.15, 0.2) is 23.5 Å². The highest BCUT2D eigenvalue weighted by Crippen LogP contribution is 2.35. The molecular weight excluding hydrogens is 710 g/mol. The Balaban J connectivity index is 1.11. The molecule has 2 aliphatic heterocycles. The van der Waals surface area contributed by atoms with E-state index in [0.717, 1.165) is 0 Å². The number of aryl methyl sites for hydroxylation is 1. The van der Waals surface area contributed by atoms with Gasteiger partial charge in [-0.3, -0.25) is 19.1 Å². The predicted molar refractivity (Wildman–Crippen MR) is 194 cm³/mol. The molecule has 2 fully saturated rings. The van der Waals surface area contributed by atoms with Crippen molar-refractivity contribution in [1.82, 2.24) is 29.1 Å². The van der Waals surface area contributed by atoms with E-state index in [1.807, 2.05) is 14.1 Å². The Morgan fingerprint density at radius 3 is 2.34 bits per heavy atom. The van der Waals surface area contributed by atoms with E-state index in [2.05, 4.69) is 15.4 Å². The van der Waals surface area contributed by atoms with Crippen LogP contribution in [0.2, 0.25) is 5.02 Å². The number of benzene rings is 2. The number of nitrogens with zero attached hydrogens (tertiary/aromatic N) is 7. The third-order valence-electron chi connectivity index (χ3n) is 10.4. The van der Waals surface area contributed by atoms with Crippen molar-refractivity contribution in [2.45, 2.75) is 39.0 Å². The number of quaternary nitrogens is 1. The quantitative estimate of drug-likeness (QED) is 0.248. The number of aromatic nitrogens is 4. The van der Waals surface area contributed by atoms with Gasteiger partial charge in [0.1, 0.15) is 6.10 Å². The topological polar surface area (TPSA) is 135 Å². The Labute approximate surface area is 311 Å². The molecule has 2 N–H and O–H groups in total. The van der Waals surface area contributed by atoms with Crippen molar-refractivity contribution in [2.75, 3.05) is 65.9 Å². The molecule has 0 aliphatic carbocycles. The van der Waals surface area contributed by atoms with Crippen LogP contribution in [0.5, 0.6) is 0 Å². The van der Waals surface area contributed by atoms with Gasteiger partial charge in [-0.05, 0) is 38.1 Å². The third-order valence-corrected chi connectivity index (χ3v) is 10.7. The molecule has 2 aromatic carbocycles. The second-order valence-corrected chi connectivity index (χ2v) is 14.6. The highest BCUT2D eigenvalue weighted by Gasteiger charge is 2.48. The lowest BCUT2D eigenvalue weighted by Crippen LogP contribution is -2.60. The van der Waals surface area contributed by atoms with Gasteiger partial charge in [0.05, 0.1) is 62.0 Å². The number of amides is 3. The van der Waals surface area contributed by atoms with E-state index in [1.54, 1.807) is 35.4 Å². The fraction of sp³-hybridized carbons (Fsp3) is 0.432. The average Bonchev–Trinajstić information content (AvgIpc) is 3.74. The van der Waals surface area contributed by atoms with Crippen LogP contribution in [-0.4, -0.2) is 129 Å². The Morgan fingerprint density at radius 1 is 1.04 bits per heavy atom. The summed E-state index contributed by atoms with van der Waals surface area (Å²) in [5, 5.41) is 17.7. The first-order valence-corrected chi connectivity index (χ1v) is 17.8. The number of ether oxygens (including phenoxy) is 1. The number of nitrogens with one attached hydrogen (secondary N) is 1. The van der Waals surface area contributed by atoms with Gasteiger partial charge in [0, 0.05) is 74.8 Å². The number of aliphatic hydroxyl groups is 1. The average molecular weight is 754 g/mol. The zero-order valence-electron chi connectivity index (χ0n) is 30.6. The van der Waals surface area contributed by atoms with Crippen LogP contribution in [0.15, 0.2) is 36.5 Å². The van der Waals surface area contributed by atoms with Crippen molar-refractivity contribution in [3.8, 4) is 22.4 Å². The largest absolute Gasteiger partial charge is 0.386 e. The van der Waals surface area contributed by atoms with Gasteiger partial charge < -0.3 is 34.0 Å². The van der Waals surface area contributed by atoms with E-state index in [4.69, 9.17) is 16.3 Å². The van der Waals surface area contributed by atoms with Crippen LogP contribution in [0.3, 0.4) is 0 Å². The molecule has 4 aromatic rings. The maximum atomic E-state index is 15.6. The van der Waals surface area contributed by atoms with Crippen molar-refractivity contribution in [2.24, 2.45) is 7.05 Å². The van der Waals surface area contributed by atoms with Gasteiger partial charge in [-0.1, -0.05) is 17.7 Å². The Kier molecular flexibility index (Phi) is 10.7. The second-order valence-electron chi connectivity index (χ2n) is 14.1. The Bertz CT molecular complexity index is 2070. The van der Waals surface area contributed by atoms with Crippen LogP contribution < -0.4 is 5.32 Å². The fourth-order valence-electron chi connectivity index (χ4n) is 7.43. The van der Waals surface area contributed by atoms with Gasteiger partial charge in [0.2, 0.25) is 0 Å². The van der Waals surface area contributed by atoms with Crippen LogP contribution in [0.25, 0.3) is 22.4 Å². The minimum Gasteiger partial charge on any atom is -0.386 e. The second kappa shape index (κ2) is 15.0. The molecule has 2 aromatic heterocycles. The molecular formula is C37H44ClF2N8O5+. The molecule has 4 heterocycles. The first-order chi connectivity index (χ1) is 25.1. The van der Waals surface area contributed by atoms with Gasteiger partial charge >= 0.3 is 0 Å². The van der Waals surface area contributed by atoms with Gasteiger partial charge in [-0.15, -0.1) is 0 Å². The highest BCUT2D eigenvalue weighted by atomic mass is 35.5. The monoisotopic (exact) mass is 753 g/mol. The van der Waals surface area contributed by atoms with Crippen molar-refractivity contribution in [3.05, 3.63) is 76.0 Å². The van der Waals surface area contributed by atoms with Crippen LogP contribution in [-0.2, 0) is 23.1 Å². The molecule has 2 saturated heterocycles. The number of imidazole rings is 1. The number of methoxy groups -OCH3 is 1. The van der Waals surface area contributed by atoms with Crippen LogP contribution in [0.4, 0.5) is 14.5 Å². The molecule has 0 unspecified atom stereocenters. The van der Waals surface area contributed by atoms with E-state index in [0.29, 0.717) is 79.4 Å². The van der Waals surface area contributed by atoms with Crippen molar-refractivity contribution in [3.63, 3.8) is 0 Å². The number of likely N-dealkylation sites (N-methyl/N-ethyl adjacent to an activating group) is 1. The third kappa shape index (κ3) is 7.18. The molecule has 0 spiro atoms. The van der Waals surface area contributed by atoms with Crippen LogP contribution >= 0.6 is 11.6 Å². The highest BCUT2D eigenvalue weighted by molar-refractivity contribution is 6.34. The molecule has 0 bridgehead atoms. The molecule has 13 nitrogen and oxygen atoms in total. The van der Waals surface area contributed by atoms with Crippen molar-refractivity contribution >= 4 is 35.0 Å². The summed E-state index contributed by atoms with van der Waals surface area (Å²) < 4.78 is 39.9. The Morgan fingerprint density at radius 2 is 1.70 bits per heavy atom. The first-order valence-electron chi connectivity index (χ1n) is 17.4. The summed E-state index contributed by atoms with van der Waals surface area (Å²) in [6, 6.07) is 6.92. The fourth-order valence-corrected chi connectivity index (χ4v) is 7.69. The van der Waals surface area contributed by atoms with Crippen LogP contribution in [0, 0.1) is 25.5 Å². The Hall–Kier alpha value is -4.70. The van der Waals surface area contributed by atoms with Crippen LogP contribution in [0.1, 0.15) is 38.8 Å². The van der Waals surface area contributed by atoms with Crippen molar-refractivity contribution in [1.29, 1.82) is 0 Å². The van der Waals surface area contributed by atoms with E-state index in [1.165, 1.54) is 48.1 Å². The lowest BCUT2D eigenvalue weighted by atomic mass is 10.00. The minimum absolute atomic E-state index is 0.0639. The molecule has 16 heteroatoms. The minimum atomic E-state index is -1.09. The summed E-state index contributed by atoms with van der Waals surface area (Å²) in [6.45, 7) is 6.42. The number of halogens is 3. The molecule has 0 saturated carbocycles. The number of anilines is 1. The van der Waals surface area contributed by atoms with Gasteiger partial charge in [-0.25, -0.2) is 13.8 Å². The molecule has 2 atom stereocenters. The lowest BCUT2D eigenvalue weighted by molar-refractivity contribution is -0.895. The van der Waals surface area contributed by atoms with Gasteiger partial charge in [-0.2, -0.15) is 5.10 Å². The molecule has 6 rings (SSSR count). The number of hydrogen-bond acceptors (Lipinski definition) is 7. The molecule has 2 aliphatic rings. The zero-order valence-corrected chi connectivity index (χ0v) is 31.4. The number of piperazine rings is 1. The summed E-state index contributed by atoms with van der Waals surface area (Å²) in [4.78, 5) is 47.4. The normalized spacial score (nSPS) is 18.5. The standard InChI is InChI=1S/C37H43ClF2N8O5/c1-21-30(22(2)47(43-21)16-18-53-6)26-10-9-25(31(39)32(26)40)28-20-41-34(44(28)3)35(50)42-23-7-8-24(27(38)19-23)36(51)45-12-14-46(15-13-45)37(52)33-29(49)11-17-48(33,4)5/h7-10,19-20,29,33,49H,11-18H2,1-6H3/p+1/t29-,33-/m0/s1.